The van der Waals surface area contributed by atoms with Crippen molar-refractivity contribution in [2.75, 3.05) is 12.4 Å². The quantitative estimate of drug-likeness (QED) is 0.597. The Morgan fingerprint density at radius 3 is 2.79 bits per heavy atom. The van der Waals surface area contributed by atoms with E-state index in [1.165, 1.54) is 18.7 Å². The third-order valence-electron chi connectivity index (χ3n) is 1.46. The number of nitrogens with zero attached hydrogens (tertiary/aromatic N) is 2. The molecule has 0 aliphatic carbocycles. The molecule has 14 heavy (non-hydrogen) atoms. The highest BCUT2D eigenvalue weighted by Gasteiger charge is 2.02. The number of nitrogens with one attached hydrogen (secondary N) is 1. The van der Waals surface area contributed by atoms with Crippen LogP contribution in [0.5, 0.6) is 0 Å². The first kappa shape index (κ1) is 10.7. The second kappa shape index (κ2) is 6.10. The zero-order chi connectivity index (χ0) is 10.2. The smallest absolute Gasteiger partial charge is 0.254 e. The molecule has 0 saturated heterocycles. The highest BCUT2D eigenvalue weighted by Crippen LogP contribution is 1.91. The average molecular weight is 212 g/mol. The zero-order valence-corrected chi connectivity index (χ0v) is 8.24. The summed E-state index contributed by atoms with van der Waals surface area (Å²) in [4.78, 5) is 18.8. The van der Waals surface area contributed by atoms with Gasteiger partial charge in [-0.05, 0) is 0 Å². The van der Waals surface area contributed by atoms with Crippen LogP contribution in [0.15, 0.2) is 30.9 Å². The number of carbonyl (C=O) groups is 1. The monoisotopic (exact) mass is 211 g/mol. The van der Waals surface area contributed by atoms with E-state index in [4.69, 9.17) is 11.6 Å². The first-order valence-electron chi connectivity index (χ1n) is 4.08. The van der Waals surface area contributed by atoms with Crippen molar-refractivity contribution in [2.24, 2.45) is 0 Å². The normalized spacial score (nSPS) is 10.4. The van der Waals surface area contributed by atoms with Crippen molar-refractivity contribution in [2.45, 2.75) is 0 Å². The van der Waals surface area contributed by atoms with Gasteiger partial charge in [-0.15, -0.1) is 11.6 Å². The molecule has 4 nitrogen and oxygen atoms in total. The first-order valence-corrected chi connectivity index (χ1v) is 4.62. The molecule has 0 spiro atoms. The minimum atomic E-state index is -0.190. The topological polar surface area (TPSA) is 54.9 Å². The maximum absolute atomic E-state index is 11.3. The Hall–Kier alpha value is -1.42. The molecule has 1 amide bonds. The van der Waals surface area contributed by atoms with Crippen LogP contribution >= 0.6 is 11.6 Å². The molecule has 1 aromatic rings. The number of amides is 1. The van der Waals surface area contributed by atoms with Crippen molar-refractivity contribution in [3.05, 3.63) is 36.4 Å². The van der Waals surface area contributed by atoms with Gasteiger partial charge in [-0.1, -0.05) is 12.2 Å². The molecule has 0 aliphatic heterocycles. The molecule has 1 N–H and O–H groups in total. The molecule has 0 radical (unpaired) electrons. The van der Waals surface area contributed by atoms with E-state index in [1.807, 2.05) is 0 Å². The fourth-order valence-electron chi connectivity index (χ4n) is 0.816. The minimum absolute atomic E-state index is 0.190. The fourth-order valence-corrected chi connectivity index (χ4v) is 0.942. The van der Waals surface area contributed by atoms with Crippen molar-refractivity contribution >= 4 is 17.5 Å². The Morgan fingerprint density at radius 1 is 1.43 bits per heavy atom. The number of halogens is 1. The molecule has 5 heteroatoms. The van der Waals surface area contributed by atoms with Crippen LogP contribution in [0.25, 0.3) is 0 Å². The van der Waals surface area contributed by atoms with Gasteiger partial charge >= 0.3 is 0 Å². The van der Waals surface area contributed by atoms with E-state index in [0.717, 1.165) is 0 Å². The molecule has 0 aliphatic rings. The third kappa shape index (κ3) is 3.53. The Labute approximate surface area is 87.0 Å². The second-order valence-electron chi connectivity index (χ2n) is 2.46. The van der Waals surface area contributed by atoms with Gasteiger partial charge in [0.15, 0.2) is 0 Å². The fraction of sp³-hybridized carbons (Fsp3) is 0.222. The van der Waals surface area contributed by atoms with Gasteiger partial charge in [-0.3, -0.25) is 4.79 Å². The zero-order valence-electron chi connectivity index (χ0n) is 7.48. The summed E-state index contributed by atoms with van der Waals surface area (Å²) in [5.41, 5.74) is 0.451. The molecule has 0 aromatic carbocycles. The van der Waals surface area contributed by atoms with E-state index in [2.05, 4.69) is 15.3 Å². The van der Waals surface area contributed by atoms with Crippen molar-refractivity contribution in [1.82, 2.24) is 15.3 Å². The summed E-state index contributed by atoms with van der Waals surface area (Å²) in [5, 5.41) is 2.67. The molecule has 0 fully saturated rings. The Morgan fingerprint density at radius 2 is 2.14 bits per heavy atom. The first-order chi connectivity index (χ1) is 6.84. The molecule has 0 atom stereocenters. The molecule has 1 heterocycles. The molecule has 0 bridgehead atoms. The number of hydrogen-bond acceptors (Lipinski definition) is 3. The Kier molecular flexibility index (Phi) is 4.64. The van der Waals surface area contributed by atoms with E-state index in [-0.39, 0.29) is 5.91 Å². The highest BCUT2D eigenvalue weighted by molar-refractivity contribution is 6.18. The largest absolute Gasteiger partial charge is 0.348 e. The van der Waals surface area contributed by atoms with Crippen LogP contribution < -0.4 is 5.32 Å². The second-order valence-corrected chi connectivity index (χ2v) is 2.77. The van der Waals surface area contributed by atoms with Gasteiger partial charge in [0.05, 0.1) is 5.56 Å². The van der Waals surface area contributed by atoms with Crippen molar-refractivity contribution in [3.63, 3.8) is 0 Å². The number of aromatic nitrogens is 2. The van der Waals surface area contributed by atoms with Crippen LogP contribution in [-0.2, 0) is 0 Å². The number of hydrogen-bond donors (Lipinski definition) is 1. The van der Waals surface area contributed by atoms with Crippen LogP contribution in [0.3, 0.4) is 0 Å². The average Bonchev–Trinajstić information content (AvgIpc) is 2.25. The molecular formula is C9H10ClN3O. The van der Waals surface area contributed by atoms with Gasteiger partial charge in [0.25, 0.3) is 5.91 Å². The van der Waals surface area contributed by atoms with Crippen LogP contribution in [0, 0.1) is 0 Å². The van der Waals surface area contributed by atoms with Gasteiger partial charge in [-0.2, -0.15) is 0 Å². The maximum Gasteiger partial charge on any atom is 0.254 e. The predicted molar refractivity (Wildman–Crippen MR) is 54.2 cm³/mol. The summed E-state index contributed by atoms with van der Waals surface area (Å²) in [6, 6.07) is 0. The lowest BCUT2D eigenvalue weighted by atomic mass is 10.3. The van der Waals surface area contributed by atoms with Crippen LogP contribution in [0.4, 0.5) is 0 Å². The van der Waals surface area contributed by atoms with E-state index in [0.29, 0.717) is 18.0 Å². The van der Waals surface area contributed by atoms with Gasteiger partial charge in [0.1, 0.15) is 6.33 Å². The van der Waals surface area contributed by atoms with Crippen molar-refractivity contribution in [1.29, 1.82) is 0 Å². The summed E-state index contributed by atoms with van der Waals surface area (Å²) in [6.45, 7) is 0.459. The lowest BCUT2D eigenvalue weighted by Gasteiger charge is -1.99. The van der Waals surface area contributed by atoms with Crippen molar-refractivity contribution < 1.29 is 4.79 Å². The van der Waals surface area contributed by atoms with E-state index >= 15 is 0 Å². The van der Waals surface area contributed by atoms with Crippen LogP contribution in [-0.4, -0.2) is 28.3 Å². The van der Waals surface area contributed by atoms with Gasteiger partial charge in [0.2, 0.25) is 0 Å². The van der Waals surface area contributed by atoms with Gasteiger partial charge in [0, 0.05) is 24.8 Å². The Bertz CT molecular complexity index is 313. The minimum Gasteiger partial charge on any atom is -0.348 e. The summed E-state index contributed by atoms with van der Waals surface area (Å²) < 4.78 is 0. The lowest BCUT2D eigenvalue weighted by molar-refractivity contribution is 0.0957. The predicted octanol–water partition coefficient (Wildman–Crippen LogP) is 1.00. The standard InChI is InChI=1S/C9H10ClN3O/c10-3-1-2-4-13-9(14)8-5-11-7-12-6-8/h1-2,5-7H,3-4H2,(H,13,14)/b2-1+. The molecular weight excluding hydrogens is 202 g/mol. The van der Waals surface area contributed by atoms with Crippen molar-refractivity contribution in [3.8, 4) is 0 Å². The van der Waals surface area contributed by atoms with E-state index in [9.17, 15) is 4.79 Å². The van der Waals surface area contributed by atoms with Gasteiger partial charge < -0.3 is 5.32 Å². The molecule has 74 valence electrons. The SMILES string of the molecule is O=C(NC/C=C/CCl)c1cncnc1. The van der Waals surface area contributed by atoms with Crippen LogP contribution in [0.2, 0.25) is 0 Å². The number of rotatable bonds is 4. The van der Waals surface area contributed by atoms with E-state index in [1.54, 1.807) is 12.2 Å². The molecule has 1 aromatic heterocycles. The van der Waals surface area contributed by atoms with E-state index < -0.39 is 0 Å². The molecule has 0 unspecified atom stereocenters. The van der Waals surface area contributed by atoms with Gasteiger partial charge in [-0.25, -0.2) is 9.97 Å². The molecule has 1 rings (SSSR count). The number of alkyl halides is 1. The highest BCUT2D eigenvalue weighted by atomic mass is 35.5. The maximum atomic E-state index is 11.3. The van der Waals surface area contributed by atoms with Crippen LogP contribution in [0.1, 0.15) is 10.4 Å². The summed E-state index contributed by atoms with van der Waals surface area (Å²) in [5.74, 6) is 0.259. The number of allylic oxidation sites excluding steroid dienone is 1. The summed E-state index contributed by atoms with van der Waals surface area (Å²) in [7, 11) is 0. The third-order valence-corrected chi connectivity index (χ3v) is 1.64. The summed E-state index contributed by atoms with van der Waals surface area (Å²) in [6.07, 6.45) is 7.86. The Balaban J connectivity index is 2.40. The number of carbonyl (C=O) groups excluding carboxylic acids is 1. The molecule has 0 saturated carbocycles. The summed E-state index contributed by atoms with van der Waals surface area (Å²) >= 11 is 5.41. The lowest BCUT2D eigenvalue weighted by Crippen LogP contribution is -2.23.